The van der Waals surface area contributed by atoms with E-state index in [2.05, 4.69) is 35.6 Å². The van der Waals surface area contributed by atoms with Crippen molar-refractivity contribution in [2.75, 3.05) is 7.05 Å². The second-order valence-corrected chi connectivity index (χ2v) is 4.17. The quantitative estimate of drug-likeness (QED) is 0.710. The Labute approximate surface area is 84.5 Å². The van der Waals surface area contributed by atoms with Crippen molar-refractivity contribution in [1.29, 1.82) is 0 Å². The zero-order valence-corrected chi connectivity index (χ0v) is 9.16. The molecule has 1 unspecified atom stereocenters. The SMILES string of the molecule is C=C(C)CCC(NC)c1ccsc1. The Kier molecular flexibility index (Phi) is 4.19. The summed E-state index contributed by atoms with van der Waals surface area (Å²) in [5.41, 5.74) is 2.66. The molecule has 0 aromatic carbocycles. The number of hydrogen-bond donors (Lipinski definition) is 1. The number of nitrogens with one attached hydrogen (secondary N) is 1. The van der Waals surface area contributed by atoms with E-state index in [0.717, 1.165) is 12.8 Å². The first kappa shape index (κ1) is 10.5. The van der Waals surface area contributed by atoms with Crippen LogP contribution in [-0.2, 0) is 0 Å². The zero-order valence-electron chi connectivity index (χ0n) is 8.34. The Bertz CT molecular complexity index is 251. The van der Waals surface area contributed by atoms with Gasteiger partial charge in [-0.05, 0) is 49.2 Å². The molecule has 0 saturated heterocycles. The lowest BCUT2D eigenvalue weighted by Gasteiger charge is -2.14. The van der Waals surface area contributed by atoms with Gasteiger partial charge >= 0.3 is 0 Å². The molecule has 1 rings (SSSR count). The van der Waals surface area contributed by atoms with E-state index >= 15 is 0 Å². The summed E-state index contributed by atoms with van der Waals surface area (Å²) in [6, 6.07) is 2.67. The topological polar surface area (TPSA) is 12.0 Å². The first-order valence-electron chi connectivity index (χ1n) is 4.57. The lowest BCUT2D eigenvalue weighted by molar-refractivity contribution is 0.550. The summed E-state index contributed by atoms with van der Waals surface area (Å²) < 4.78 is 0. The summed E-state index contributed by atoms with van der Waals surface area (Å²) in [5, 5.41) is 7.66. The van der Waals surface area contributed by atoms with Gasteiger partial charge in [0.15, 0.2) is 0 Å². The van der Waals surface area contributed by atoms with Crippen molar-refractivity contribution >= 4 is 11.3 Å². The molecule has 13 heavy (non-hydrogen) atoms. The molecule has 0 radical (unpaired) electrons. The average molecular weight is 195 g/mol. The number of thiophene rings is 1. The Hall–Kier alpha value is -0.600. The molecule has 72 valence electrons. The minimum absolute atomic E-state index is 0.489. The summed E-state index contributed by atoms with van der Waals surface area (Å²) in [7, 11) is 2.01. The maximum atomic E-state index is 3.92. The maximum Gasteiger partial charge on any atom is 0.0328 e. The summed E-state index contributed by atoms with van der Waals surface area (Å²) in [4.78, 5) is 0. The Morgan fingerprint density at radius 1 is 1.69 bits per heavy atom. The van der Waals surface area contributed by atoms with Gasteiger partial charge in [0.25, 0.3) is 0 Å². The molecule has 0 bridgehead atoms. The van der Waals surface area contributed by atoms with Crippen LogP contribution in [0.15, 0.2) is 29.0 Å². The van der Waals surface area contributed by atoms with Crippen LogP contribution in [0.3, 0.4) is 0 Å². The van der Waals surface area contributed by atoms with Gasteiger partial charge in [-0.3, -0.25) is 0 Å². The molecule has 1 nitrogen and oxygen atoms in total. The summed E-state index contributed by atoms with van der Waals surface area (Å²) in [6.07, 6.45) is 2.24. The number of rotatable bonds is 5. The van der Waals surface area contributed by atoms with Crippen LogP contribution in [0, 0.1) is 0 Å². The van der Waals surface area contributed by atoms with E-state index in [0.29, 0.717) is 6.04 Å². The lowest BCUT2D eigenvalue weighted by atomic mass is 10.0. The van der Waals surface area contributed by atoms with E-state index in [9.17, 15) is 0 Å². The molecule has 0 aliphatic carbocycles. The highest BCUT2D eigenvalue weighted by molar-refractivity contribution is 7.07. The van der Waals surface area contributed by atoms with Gasteiger partial charge < -0.3 is 5.32 Å². The van der Waals surface area contributed by atoms with Crippen molar-refractivity contribution in [1.82, 2.24) is 5.32 Å². The molecule has 0 aliphatic heterocycles. The molecule has 1 N–H and O–H groups in total. The van der Waals surface area contributed by atoms with Crippen LogP contribution in [0.4, 0.5) is 0 Å². The molecule has 0 aliphatic rings. The fraction of sp³-hybridized carbons (Fsp3) is 0.455. The fourth-order valence-corrected chi connectivity index (χ4v) is 2.06. The van der Waals surface area contributed by atoms with Gasteiger partial charge in [0.05, 0.1) is 0 Å². The second-order valence-electron chi connectivity index (χ2n) is 3.39. The summed E-state index contributed by atoms with van der Waals surface area (Å²) >= 11 is 1.76. The highest BCUT2D eigenvalue weighted by Crippen LogP contribution is 2.21. The molecular weight excluding hydrogens is 178 g/mol. The lowest BCUT2D eigenvalue weighted by Crippen LogP contribution is -2.15. The van der Waals surface area contributed by atoms with Crippen LogP contribution in [0.2, 0.25) is 0 Å². The molecular formula is C11H17NS. The van der Waals surface area contributed by atoms with E-state index in [1.54, 1.807) is 11.3 Å². The highest BCUT2D eigenvalue weighted by Gasteiger charge is 2.08. The van der Waals surface area contributed by atoms with Crippen molar-refractivity contribution in [3.63, 3.8) is 0 Å². The molecule has 1 atom stereocenters. The molecule has 1 heterocycles. The van der Waals surface area contributed by atoms with Crippen LogP contribution in [0.25, 0.3) is 0 Å². The molecule has 2 heteroatoms. The summed E-state index contributed by atoms with van der Waals surface area (Å²) in [6.45, 7) is 6.00. The van der Waals surface area contributed by atoms with Crippen LogP contribution >= 0.6 is 11.3 Å². The van der Waals surface area contributed by atoms with Gasteiger partial charge in [0.1, 0.15) is 0 Å². The maximum absolute atomic E-state index is 3.92. The van der Waals surface area contributed by atoms with Crippen LogP contribution in [-0.4, -0.2) is 7.05 Å². The normalized spacial score (nSPS) is 12.8. The molecule has 0 spiro atoms. The van der Waals surface area contributed by atoms with Crippen LogP contribution in [0.1, 0.15) is 31.4 Å². The highest BCUT2D eigenvalue weighted by atomic mass is 32.1. The van der Waals surface area contributed by atoms with Gasteiger partial charge in [-0.2, -0.15) is 11.3 Å². The molecule has 0 fully saturated rings. The Balaban J connectivity index is 2.49. The summed E-state index contributed by atoms with van der Waals surface area (Å²) in [5.74, 6) is 0. The third-order valence-electron chi connectivity index (χ3n) is 2.15. The van der Waals surface area contributed by atoms with E-state index in [4.69, 9.17) is 0 Å². The molecule has 0 amide bonds. The molecule has 1 aromatic rings. The van der Waals surface area contributed by atoms with E-state index in [1.807, 2.05) is 7.05 Å². The van der Waals surface area contributed by atoms with Gasteiger partial charge in [0, 0.05) is 6.04 Å². The Morgan fingerprint density at radius 2 is 2.46 bits per heavy atom. The number of hydrogen-bond acceptors (Lipinski definition) is 2. The van der Waals surface area contributed by atoms with Crippen molar-refractivity contribution in [3.8, 4) is 0 Å². The fourth-order valence-electron chi connectivity index (χ4n) is 1.34. The predicted octanol–water partition coefficient (Wildman–Crippen LogP) is 3.36. The van der Waals surface area contributed by atoms with Crippen molar-refractivity contribution in [2.24, 2.45) is 0 Å². The molecule has 0 saturated carbocycles. The average Bonchev–Trinajstić information content (AvgIpc) is 2.58. The predicted molar refractivity (Wildman–Crippen MR) is 60.2 cm³/mol. The van der Waals surface area contributed by atoms with Crippen LogP contribution in [0.5, 0.6) is 0 Å². The monoisotopic (exact) mass is 195 g/mol. The van der Waals surface area contributed by atoms with Crippen molar-refractivity contribution in [3.05, 3.63) is 34.5 Å². The van der Waals surface area contributed by atoms with Gasteiger partial charge in [-0.25, -0.2) is 0 Å². The largest absolute Gasteiger partial charge is 0.313 e. The third kappa shape index (κ3) is 3.33. The molecule has 1 aromatic heterocycles. The second kappa shape index (κ2) is 5.20. The smallest absolute Gasteiger partial charge is 0.0328 e. The first-order chi connectivity index (χ1) is 6.24. The van der Waals surface area contributed by atoms with Gasteiger partial charge in [-0.1, -0.05) is 5.57 Å². The van der Waals surface area contributed by atoms with E-state index in [1.165, 1.54) is 11.1 Å². The van der Waals surface area contributed by atoms with Crippen LogP contribution < -0.4 is 5.32 Å². The third-order valence-corrected chi connectivity index (χ3v) is 2.86. The van der Waals surface area contributed by atoms with Crippen molar-refractivity contribution in [2.45, 2.75) is 25.8 Å². The van der Waals surface area contributed by atoms with E-state index in [-0.39, 0.29) is 0 Å². The van der Waals surface area contributed by atoms with E-state index < -0.39 is 0 Å². The van der Waals surface area contributed by atoms with Gasteiger partial charge in [0.2, 0.25) is 0 Å². The van der Waals surface area contributed by atoms with Gasteiger partial charge in [-0.15, -0.1) is 6.58 Å². The zero-order chi connectivity index (χ0) is 9.68. The number of allylic oxidation sites excluding steroid dienone is 1. The first-order valence-corrected chi connectivity index (χ1v) is 5.52. The van der Waals surface area contributed by atoms with Crippen molar-refractivity contribution < 1.29 is 0 Å². The minimum atomic E-state index is 0.489. The standard InChI is InChI=1S/C11H17NS/c1-9(2)4-5-11(12-3)10-6-7-13-8-10/h6-8,11-12H,1,4-5H2,2-3H3. The minimum Gasteiger partial charge on any atom is -0.313 e. The Morgan fingerprint density at radius 3 is 2.92 bits per heavy atom.